The highest BCUT2D eigenvalue weighted by Crippen LogP contribution is 2.22. The van der Waals surface area contributed by atoms with Crippen molar-refractivity contribution < 1.29 is 0 Å². The van der Waals surface area contributed by atoms with Gasteiger partial charge in [-0.05, 0) is 31.2 Å². The number of benzene rings is 1. The summed E-state index contributed by atoms with van der Waals surface area (Å²) in [5, 5.41) is 12.7. The van der Waals surface area contributed by atoms with Crippen molar-refractivity contribution in [2.45, 2.75) is 12.8 Å². The van der Waals surface area contributed by atoms with Crippen molar-refractivity contribution in [2.75, 3.05) is 5.32 Å². The first-order chi connectivity index (χ1) is 11.1. The summed E-state index contributed by atoms with van der Waals surface area (Å²) in [7, 11) is 1.84. The van der Waals surface area contributed by atoms with Crippen LogP contribution in [0.2, 0.25) is 0 Å². The zero-order valence-electron chi connectivity index (χ0n) is 12.8. The van der Waals surface area contributed by atoms with Gasteiger partial charge in [0.1, 0.15) is 16.3 Å². The number of aryl methyl sites for hydroxylation is 2. The highest BCUT2D eigenvalue weighted by Gasteiger charge is 2.23. The monoisotopic (exact) mass is 321 g/mol. The van der Waals surface area contributed by atoms with Crippen LogP contribution in [0.5, 0.6) is 0 Å². The minimum absolute atomic E-state index is 0.426. The highest BCUT2D eigenvalue weighted by molar-refractivity contribution is 7.80. The van der Waals surface area contributed by atoms with Gasteiger partial charge in [-0.15, -0.1) is 0 Å². The molecule has 0 saturated carbocycles. The van der Waals surface area contributed by atoms with Gasteiger partial charge in [0.05, 0.1) is 6.07 Å². The van der Waals surface area contributed by atoms with Crippen LogP contribution >= 0.6 is 12.2 Å². The van der Waals surface area contributed by atoms with Crippen molar-refractivity contribution in [1.29, 1.82) is 5.26 Å². The summed E-state index contributed by atoms with van der Waals surface area (Å²) in [6, 6.07) is 13.8. The predicted molar refractivity (Wildman–Crippen MR) is 94.3 cm³/mol. The van der Waals surface area contributed by atoms with Crippen LogP contribution in [0, 0.1) is 18.3 Å². The van der Waals surface area contributed by atoms with Gasteiger partial charge >= 0.3 is 0 Å². The molecule has 5 nitrogen and oxygen atoms in total. The second-order valence-corrected chi connectivity index (χ2v) is 5.73. The average Bonchev–Trinajstić information content (AvgIpc) is 2.88. The molecule has 0 fully saturated rings. The Kier molecular flexibility index (Phi) is 4.04. The lowest BCUT2D eigenvalue weighted by atomic mass is 10.1. The molecule has 1 N–H and O–H groups in total. The van der Waals surface area contributed by atoms with E-state index in [9.17, 15) is 5.26 Å². The van der Waals surface area contributed by atoms with Gasteiger partial charge in [-0.2, -0.15) is 5.26 Å². The van der Waals surface area contributed by atoms with Crippen LogP contribution in [-0.4, -0.2) is 19.5 Å². The Morgan fingerprint density at radius 2 is 2.04 bits per heavy atom. The van der Waals surface area contributed by atoms with Gasteiger partial charge in [0.25, 0.3) is 0 Å². The van der Waals surface area contributed by atoms with Crippen molar-refractivity contribution in [2.24, 2.45) is 7.05 Å². The summed E-state index contributed by atoms with van der Waals surface area (Å²) < 4.78 is 1.81. The van der Waals surface area contributed by atoms with Crippen LogP contribution < -0.4 is 5.32 Å². The number of aromatic nitrogens is 3. The van der Waals surface area contributed by atoms with E-state index in [1.807, 2.05) is 54.9 Å². The summed E-state index contributed by atoms with van der Waals surface area (Å²) in [6.07, 6.45) is 1.71. The Labute approximate surface area is 139 Å². The third-order valence-electron chi connectivity index (χ3n) is 3.63. The Bertz CT molecular complexity index is 905. The quantitative estimate of drug-likeness (QED) is 0.750. The number of nitrogens with zero attached hydrogens (tertiary/aromatic N) is 4. The second-order valence-electron chi connectivity index (χ2n) is 5.29. The highest BCUT2D eigenvalue weighted by atomic mass is 32.1. The third kappa shape index (κ3) is 2.91. The molecule has 2 heterocycles. The molecule has 1 atom stereocenters. The molecule has 23 heavy (non-hydrogen) atoms. The summed E-state index contributed by atoms with van der Waals surface area (Å²) in [5.41, 5.74) is 3.52. The minimum Gasteiger partial charge on any atom is -0.349 e. The molecule has 0 spiro atoms. The number of fused-ring (bicyclic) bond motifs is 1. The molecular formula is C17H15N5S. The van der Waals surface area contributed by atoms with Gasteiger partial charge in [-0.3, -0.25) is 0 Å². The van der Waals surface area contributed by atoms with E-state index in [2.05, 4.69) is 21.4 Å². The van der Waals surface area contributed by atoms with Crippen molar-refractivity contribution >= 4 is 34.1 Å². The van der Waals surface area contributed by atoms with Gasteiger partial charge in [0.2, 0.25) is 0 Å². The standard InChI is InChI=1S/C17H15N5S/c1-11-5-7-12(8-6-11)20-17(23)13(10-18)15-21-14-4-3-9-19-16(14)22(15)2/h3-9,13H,1-2H3,(H,20,23)/t13-/m1/s1. The van der Waals surface area contributed by atoms with Crippen LogP contribution in [0.3, 0.4) is 0 Å². The van der Waals surface area contributed by atoms with Crippen LogP contribution in [0.15, 0.2) is 42.6 Å². The molecule has 0 saturated heterocycles. The van der Waals surface area contributed by atoms with Gasteiger partial charge in [0, 0.05) is 18.9 Å². The van der Waals surface area contributed by atoms with E-state index in [1.165, 1.54) is 5.56 Å². The number of anilines is 1. The lowest BCUT2D eigenvalue weighted by molar-refractivity contribution is 0.826. The Balaban J connectivity index is 1.92. The van der Waals surface area contributed by atoms with Gasteiger partial charge in [0.15, 0.2) is 11.6 Å². The summed E-state index contributed by atoms with van der Waals surface area (Å²) in [4.78, 5) is 9.23. The summed E-state index contributed by atoms with van der Waals surface area (Å²) in [6.45, 7) is 2.02. The molecule has 0 aliphatic heterocycles. The molecule has 1 aromatic carbocycles. The van der Waals surface area contributed by atoms with E-state index in [0.717, 1.165) is 16.9 Å². The number of nitrogens with one attached hydrogen (secondary N) is 1. The number of rotatable bonds is 3. The van der Waals surface area contributed by atoms with Crippen LogP contribution in [0.25, 0.3) is 11.2 Å². The molecule has 6 heteroatoms. The zero-order valence-corrected chi connectivity index (χ0v) is 13.6. The number of hydrogen-bond donors (Lipinski definition) is 1. The van der Waals surface area contributed by atoms with Crippen LogP contribution in [0.4, 0.5) is 5.69 Å². The smallest absolute Gasteiger partial charge is 0.159 e. The predicted octanol–water partition coefficient (Wildman–Crippen LogP) is 3.32. The SMILES string of the molecule is Cc1ccc(NC(=S)[C@H](C#N)c2nc3cccnc3n2C)cc1. The molecule has 0 unspecified atom stereocenters. The van der Waals surface area contributed by atoms with Crippen molar-refractivity contribution in [3.8, 4) is 6.07 Å². The van der Waals surface area contributed by atoms with E-state index in [1.54, 1.807) is 6.20 Å². The molecule has 0 aliphatic carbocycles. The Morgan fingerprint density at radius 1 is 1.30 bits per heavy atom. The molecule has 0 radical (unpaired) electrons. The number of hydrogen-bond acceptors (Lipinski definition) is 4. The van der Waals surface area contributed by atoms with Crippen molar-refractivity contribution in [3.05, 3.63) is 54.0 Å². The maximum absolute atomic E-state index is 9.57. The Hall–Kier alpha value is -2.78. The van der Waals surface area contributed by atoms with Gasteiger partial charge in [-0.1, -0.05) is 29.9 Å². The third-order valence-corrected chi connectivity index (χ3v) is 3.97. The van der Waals surface area contributed by atoms with Crippen molar-refractivity contribution in [1.82, 2.24) is 14.5 Å². The second kappa shape index (κ2) is 6.15. The first kappa shape index (κ1) is 15.1. The zero-order chi connectivity index (χ0) is 16.4. The van der Waals surface area contributed by atoms with E-state index < -0.39 is 5.92 Å². The molecule has 3 rings (SSSR count). The number of thiocarbonyl (C=S) groups is 1. The maximum Gasteiger partial charge on any atom is 0.159 e. The molecule has 2 aromatic heterocycles. The number of nitriles is 1. The fraction of sp³-hybridized carbons (Fsp3) is 0.176. The topological polar surface area (TPSA) is 66.5 Å². The Morgan fingerprint density at radius 3 is 2.70 bits per heavy atom. The molecule has 0 bridgehead atoms. The van der Waals surface area contributed by atoms with E-state index in [0.29, 0.717) is 10.8 Å². The molecule has 114 valence electrons. The maximum atomic E-state index is 9.57. The van der Waals surface area contributed by atoms with Gasteiger partial charge in [-0.25, -0.2) is 9.97 Å². The normalized spacial score (nSPS) is 11.9. The average molecular weight is 321 g/mol. The first-order valence-electron chi connectivity index (χ1n) is 7.14. The van der Waals surface area contributed by atoms with Crippen LogP contribution in [-0.2, 0) is 7.05 Å². The number of imidazole rings is 1. The van der Waals surface area contributed by atoms with E-state index >= 15 is 0 Å². The number of pyridine rings is 1. The summed E-state index contributed by atoms with van der Waals surface area (Å²) >= 11 is 5.43. The fourth-order valence-electron chi connectivity index (χ4n) is 2.38. The first-order valence-corrected chi connectivity index (χ1v) is 7.55. The van der Waals surface area contributed by atoms with E-state index in [4.69, 9.17) is 12.2 Å². The fourth-order valence-corrected chi connectivity index (χ4v) is 2.66. The lowest BCUT2D eigenvalue weighted by Gasteiger charge is -2.13. The largest absolute Gasteiger partial charge is 0.349 e. The molecular weight excluding hydrogens is 306 g/mol. The molecule has 0 aliphatic rings. The minimum atomic E-state index is -0.634. The van der Waals surface area contributed by atoms with Crippen LogP contribution in [0.1, 0.15) is 17.3 Å². The lowest BCUT2D eigenvalue weighted by Crippen LogP contribution is -2.20. The molecule has 3 aromatic rings. The van der Waals surface area contributed by atoms with Gasteiger partial charge < -0.3 is 9.88 Å². The van der Waals surface area contributed by atoms with E-state index in [-0.39, 0.29) is 0 Å². The molecule has 0 amide bonds. The summed E-state index contributed by atoms with van der Waals surface area (Å²) in [5.74, 6) is -0.0451. The van der Waals surface area contributed by atoms with Crippen molar-refractivity contribution in [3.63, 3.8) is 0 Å².